The Morgan fingerprint density at radius 2 is 2.14 bits per heavy atom. The van der Waals surface area contributed by atoms with Gasteiger partial charge < -0.3 is 4.40 Å². The highest BCUT2D eigenvalue weighted by molar-refractivity contribution is 7.91. The van der Waals surface area contributed by atoms with Gasteiger partial charge in [-0.3, -0.25) is 0 Å². The summed E-state index contributed by atoms with van der Waals surface area (Å²) in [6.45, 7) is 2.22. The first-order chi connectivity index (χ1) is 10.1. The summed E-state index contributed by atoms with van der Waals surface area (Å²) in [4.78, 5) is 5.30. The minimum Gasteiger partial charge on any atom is -0.304 e. The summed E-state index contributed by atoms with van der Waals surface area (Å²) in [6.07, 6.45) is 4.25. The predicted molar refractivity (Wildman–Crippen MR) is 83.1 cm³/mol. The lowest BCUT2D eigenvalue weighted by Gasteiger charge is -2.04. The second kappa shape index (κ2) is 5.59. The summed E-state index contributed by atoms with van der Waals surface area (Å²) < 4.78 is 29.2. The van der Waals surface area contributed by atoms with E-state index in [2.05, 4.69) is 9.71 Å². The molecule has 0 saturated carbocycles. The summed E-state index contributed by atoms with van der Waals surface area (Å²) in [5.74, 6) is 0.843. The molecule has 7 heteroatoms. The molecule has 3 aromatic heterocycles. The first kappa shape index (κ1) is 14.2. The SMILES string of the molecule is Cc1ccc(S(=O)(=O)NCCc2ncc3ccccn23)s1. The summed E-state index contributed by atoms with van der Waals surface area (Å²) in [5, 5.41) is 0. The number of thiophene rings is 1. The van der Waals surface area contributed by atoms with E-state index < -0.39 is 10.0 Å². The minimum absolute atomic E-state index is 0.327. The summed E-state index contributed by atoms with van der Waals surface area (Å²) in [5.41, 5.74) is 1.00. The maximum atomic E-state index is 12.1. The Kier molecular flexibility index (Phi) is 3.79. The van der Waals surface area contributed by atoms with E-state index in [1.165, 1.54) is 11.3 Å². The first-order valence-electron chi connectivity index (χ1n) is 6.53. The van der Waals surface area contributed by atoms with Crippen LogP contribution < -0.4 is 4.72 Å². The van der Waals surface area contributed by atoms with Gasteiger partial charge in [0.05, 0.1) is 11.7 Å². The summed E-state index contributed by atoms with van der Waals surface area (Å²) in [7, 11) is -3.41. The number of sulfonamides is 1. The lowest BCUT2D eigenvalue weighted by atomic mass is 10.4. The number of nitrogens with zero attached hydrogens (tertiary/aromatic N) is 2. The summed E-state index contributed by atoms with van der Waals surface area (Å²) in [6, 6.07) is 9.28. The van der Waals surface area contributed by atoms with Crippen molar-refractivity contribution in [3.05, 3.63) is 53.4 Å². The number of imidazole rings is 1. The van der Waals surface area contributed by atoms with Crippen LogP contribution in [0.1, 0.15) is 10.7 Å². The van der Waals surface area contributed by atoms with Crippen molar-refractivity contribution in [3.8, 4) is 0 Å². The molecule has 0 aliphatic rings. The largest absolute Gasteiger partial charge is 0.304 e. The maximum Gasteiger partial charge on any atom is 0.250 e. The van der Waals surface area contributed by atoms with Gasteiger partial charge in [0.1, 0.15) is 10.0 Å². The number of pyridine rings is 1. The van der Waals surface area contributed by atoms with Crippen molar-refractivity contribution in [2.45, 2.75) is 17.6 Å². The number of fused-ring (bicyclic) bond motifs is 1. The van der Waals surface area contributed by atoms with E-state index in [1.807, 2.05) is 35.7 Å². The molecule has 21 heavy (non-hydrogen) atoms. The van der Waals surface area contributed by atoms with Crippen LogP contribution in [0.2, 0.25) is 0 Å². The Bertz CT molecular complexity index is 865. The van der Waals surface area contributed by atoms with Gasteiger partial charge in [0.25, 0.3) is 0 Å². The fraction of sp³-hybridized carbons (Fsp3) is 0.214. The minimum atomic E-state index is -3.41. The fourth-order valence-corrected chi connectivity index (χ4v) is 4.47. The van der Waals surface area contributed by atoms with E-state index in [4.69, 9.17) is 0 Å². The molecule has 0 amide bonds. The monoisotopic (exact) mass is 321 g/mol. The molecule has 0 aromatic carbocycles. The topological polar surface area (TPSA) is 63.5 Å². The van der Waals surface area contributed by atoms with E-state index in [0.717, 1.165) is 16.2 Å². The first-order valence-corrected chi connectivity index (χ1v) is 8.83. The number of hydrogen-bond donors (Lipinski definition) is 1. The highest BCUT2D eigenvalue weighted by Crippen LogP contribution is 2.20. The number of aryl methyl sites for hydroxylation is 1. The molecule has 0 radical (unpaired) electrons. The normalized spacial score (nSPS) is 12.0. The van der Waals surface area contributed by atoms with Gasteiger partial charge in [-0.05, 0) is 31.2 Å². The molecule has 0 fully saturated rings. The number of rotatable bonds is 5. The highest BCUT2D eigenvalue weighted by Gasteiger charge is 2.15. The van der Waals surface area contributed by atoms with E-state index in [1.54, 1.807) is 18.3 Å². The van der Waals surface area contributed by atoms with Gasteiger partial charge >= 0.3 is 0 Å². The van der Waals surface area contributed by atoms with E-state index >= 15 is 0 Å². The Morgan fingerprint density at radius 3 is 2.90 bits per heavy atom. The van der Waals surface area contributed by atoms with Crippen molar-refractivity contribution in [3.63, 3.8) is 0 Å². The number of aromatic nitrogens is 2. The molecule has 1 N–H and O–H groups in total. The Morgan fingerprint density at radius 1 is 1.29 bits per heavy atom. The van der Waals surface area contributed by atoms with Crippen LogP contribution in [0, 0.1) is 6.92 Å². The Labute approximate surface area is 127 Å². The number of hydrogen-bond acceptors (Lipinski definition) is 4. The van der Waals surface area contributed by atoms with Gasteiger partial charge in [-0.15, -0.1) is 11.3 Å². The molecule has 3 heterocycles. The average Bonchev–Trinajstić information content (AvgIpc) is 3.06. The zero-order valence-corrected chi connectivity index (χ0v) is 13.1. The molecule has 0 bridgehead atoms. The van der Waals surface area contributed by atoms with Crippen LogP contribution in [0.15, 0.2) is 46.9 Å². The van der Waals surface area contributed by atoms with Crippen LogP contribution >= 0.6 is 11.3 Å². The Balaban J connectivity index is 1.69. The average molecular weight is 321 g/mol. The lowest BCUT2D eigenvalue weighted by molar-refractivity contribution is 0.583. The van der Waals surface area contributed by atoms with Crippen molar-refractivity contribution in [1.29, 1.82) is 0 Å². The van der Waals surface area contributed by atoms with Gasteiger partial charge in [-0.25, -0.2) is 18.1 Å². The van der Waals surface area contributed by atoms with E-state index in [0.29, 0.717) is 17.2 Å². The zero-order chi connectivity index (χ0) is 14.9. The third-order valence-corrected chi connectivity index (χ3v) is 6.09. The molecule has 110 valence electrons. The molecule has 0 aliphatic carbocycles. The second-order valence-corrected chi connectivity index (χ2v) is 7.96. The molecular weight excluding hydrogens is 306 g/mol. The van der Waals surface area contributed by atoms with Gasteiger partial charge in [-0.2, -0.15) is 0 Å². The lowest BCUT2D eigenvalue weighted by Crippen LogP contribution is -2.25. The van der Waals surface area contributed by atoms with E-state index in [-0.39, 0.29) is 0 Å². The van der Waals surface area contributed by atoms with Crippen molar-refractivity contribution in [2.24, 2.45) is 0 Å². The molecule has 0 spiro atoms. The van der Waals surface area contributed by atoms with Crippen LogP contribution in [0.4, 0.5) is 0 Å². The van der Waals surface area contributed by atoms with Crippen LogP contribution in [-0.2, 0) is 16.4 Å². The molecular formula is C14H15N3O2S2. The standard InChI is InChI=1S/C14H15N3O2S2/c1-11-5-6-14(20-11)21(18,19)16-8-7-13-15-10-12-4-2-3-9-17(12)13/h2-6,9-10,16H,7-8H2,1H3. The zero-order valence-electron chi connectivity index (χ0n) is 11.5. The van der Waals surface area contributed by atoms with E-state index in [9.17, 15) is 8.42 Å². The van der Waals surface area contributed by atoms with Gasteiger partial charge in [-0.1, -0.05) is 6.07 Å². The predicted octanol–water partition coefficient (Wildman–Crippen LogP) is 2.23. The van der Waals surface area contributed by atoms with Crippen molar-refractivity contribution in [2.75, 3.05) is 6.54 Å². The van der Waals surface area contributed by atoms with Crippen molar-refractivity contribution < 1.29 is 8.42 Å². The molecule has 3 aromatic rings. The molecule has 5 nitrogen and oxygen atoms in total. The van der Waals surface area contributed by atoms with Gasteiger partial charge in [0.15, 0.2) is 0 Å². The maximum absolute atomic E-state index is 12.1. The second-order valence-electron chi connectivity index (χ2n) is 4.68. The number of nitrogens with one attached hydrogen (secondary N) is 1. The molecule has 0 aliphatic heterocycles. The van der Waals surface area contributed by atoms with Crippen LogP contribution in [0.25, 0.3) is 5.52 Å². The quantitative estimate of drug-likeness (QED) is 0.784. The smallest absolute Gasteiger partial charge is 0.250 e. The Hall–Kier alpha value is -1.70. The van der Waals surface area contributed by atoms with Crippen LogP contribution in [0.5, 0.6) is 0 Å². The molecule has 3 rings (SSSR count). The highest BCUT2D eigenvalue weighted by atomic mass is 32.2. The molecule has 0 unspecified atom stereocenters. The van der Waals surface area contributed by atoms with Crippen LogP contribution in [-0.4, -0.2) is 24.3 Å². The van der Waals surface area contributed by atoms with Crippen molar-refractivity contribution in [1.82, 2.24) is 14.1 Å². The third kappa shape index (κ3) is 2.99. The summed E-state index contributed by atoms with van der Waals surface area (Å²) >= 11 is 1.27. The van der Waals surface area contributed by atoms with Gasteiger partial charge in [0, 0.05) is 24.0 Å². The third-order valence-electron chi connectivity index (χ3n) is 3.14. The molecule has 0 atom stereocenters. The van der Waals surface area contributed by atoms with Crippen molar-refractivity contribution >= 4 is 26.9 Å². The van der Waals surface area contributed by atoms with Gasteiger partial charge in [0.2, 0.25) is 10.0 Å². The van der Waals surface area contributed by atoms with Crippen LogP contribution in [0.3, 0.4) is 0 Å². The molecule has 0 saturated heterocycles. The fourth-order valence-electron chi connectivity index (χ4n) is 2.11.